The van der Waals surface area contributed by atoms with Crippen molar-refractivity contribution in [2.75, 3.05) is 19.6 Å². The maximum Gasteiger partial charge on any atom is 0.312 e. The van der Waals surface area contributed by atoms with Gasteiger partial charge in [-0.15, -0.1) is 0 Å². The summed E-state index contributed by atoms with van der Waals surface area (Å²) in [6.45, 7) is 4.11. The fraction of sp³-hybridized carbons (Fsp3) is 0.400. The number of nitrogens with zero attached hydrogens (tertiary/aromatic N) is 3. The van der Waals surface area contributed by atoms with Crippen LogP contribution in [-0.2, 0) is 16.1 Å². The van der Waals surface area contributed by atoms with Crippen molar-refractivity contribution in [2.45, 2.75) is 19.9 Å². The predicted molar refractivity (Wildman–Crippen MR) is 73.4 cm³/mol. The molecule has 1 aliphatic heterocycles. The van der Waals surface area contributed by atoms with Crippen molar-refractivity contribution < 1.29 is 9.59 Å². The predicted octanol–water partition coefficient (Wildman–Crippen LogP) is 1.14. The summed E-state index contributed by atoms with van der Waals surface area (Å²) in [5.41, 5.74) is 1.43. The molecule has 0 aromatic heterocycles. The van der Waals surface area contributed by atoms with Gasteiger partial charge in [0.25, 0.3) is 0 Å². The van der Waals surface area contributed by atoms with Crippen LogP contribution >= 0.6 is 0 Å². The molecule has 1 aliphatic rings. The summed E-state index contributed by atoms with van der Waals surface area (Å²) in [5, 5.41) is 8.86. The van der Waals surface area contributed by atoms with E-state index in [1.54, 1.807) is 28.0 Å². The Hall–Kier alpha value is -2.35. The van der Waals surface area contributed by atoms with Crippen molar-refractivity contribution in [3.63, 3.8) is 0 Å². The van der Waals surface area contributed by atoms with Crippen molar-refractivity contribution in [2.24, 2.45) is 0 Å². The lowest BCUT2D eigenvalue weighted by Gasteiger charge is -2.33. The van der Waals surface area contributed by atoms with Crippen molar-refractivity contribution >= 4 is 11.8 Å². The summed E-state index contributed by atoms with van der Waals surface area (Å²) in [7, 11) is 0. The summed E-state index contributed by atoms with van der Waals surface area (Å²) in [5.74, 6) is -0.874. The van der Waals surface area contributed by atoms with Gasteiger partial charge in [-0.1, -0.05) is 19.1 Å². The first-order valence-corrected chi connectivity index (χ1v) is 6.73. The van der Waals surface area contributed by atoms with Crippen molar-refractivity contribution in [3.8, 4) is 6.07 Å². The standard InChI is InChI=1S/C15H17N3O2/c1-2-6-17-7-8-18(15(20)14(17)19)11-13-5-3-4-12(9-13)10-16/h3-5,9H,2,6-8,11H2,1H3. The van der Waals surface area contributed by atoms with Crippen LogP contribution in [0.25, 0.3) is 0 Å². The number of benzene rings is 1. The normalized spacial score (nSPS) is 15.4. The fourth-order valence-corrected chi connectivity index (χ4v) is 2.31. The molecule has 2 amide bonds. The SMILES string of the molecule is CCCN1CCN(Cc2cccc(C#N)c2)C(=O)C1=O. The lowest BCUT2D eigenvalue weighted by Crippen LogP contribution is -2.53. The molecule has 0 unspecified atom stereocenters. The van der Waals surface area contributed by atoms with Crippen LogP contribution in [0, 0.1) is 11.3 Å². The van der Waals surface area contributed by atoms with E-state index < -0.39 is 11.8 Å². The first kappa shape index (κ1) is 14.1. The lowest BCUT2D eigenvalue weighted by molar-refractivity contribution is -0.156. The monoisotopic (exact) mass is 271 g/mol. The van der Waals surface area contributed by atoms with Gasteiger partial charge in [0.2, 0.25) is 0 Å². The minimum Gasteiger partial charge on any atom is -0.333 e. The smallest absolute Gasteiger partial charge is 0.312 e. The summed E-state index contributed by atoms with van der Waals surface area (Å²) < 4.78 is 0. The average Bonchev–Trinajstić information content (AvgIpc) is 2.47. The molecule has 0 atom stereocenters. The Bertz CT molecular complexity index is 562. The van der Waals surface area contributed by atoms with E-state index in [9.17, 15) is 9.59 Å². The Kier molecular flexibility index (Phi) is 4.36. The van der Waals surface area contributed by atoms with E-state index in [-0.39, 0.29) is 0 Å². The third-order valence-corrected chi connectivity index (χ3v) is 3.32. The van der Waals surface area contributed by atoms with E-state index in [4.69, 9.17) is 5.26 Å². The molecule has 104 valence electrons. The van der Waals surface area contributed by atoms with Gasteiger partial charge in [0.1, 0.15) is 0 Å². The van der Waals surface area contributed by atoms with Gasteiger partial charge in [-0.3, -0.25) is 9.59 Å². The molecule has 1 saturated heterocycles. The number of carbonyl (C=O) groups excluding carboxylic acids is 2. The van der Waals surface area contributed by atoms with Crippen LogP contribution in [-0.4, -0.2) is 41.2 Å². The molecule has 0 N–H and O–H groups in total. The van der Waals surface area contributed by atoms with Gasteiger partial charge in [-0.25, -0.2) is 0 Å². The van der Waals surface area contributed by atoms with Gasteiger partial charge in [0.05, 0.1) is 11.6 Å². The van der Waals surface area contributed by atoms with Gasteiger partial charge in [-0.2, -0.15) is 5.26 Å². The van der Waals surface area contributed by atoms with Crippen molar-refractivity contribution in [3.05, 3.63) is 35.4 Å². The van der Waals surface area contributed by atoms with E-state index in [1.165, 1.54) is 0 Å². The van der Waals surface area contributed by atoms with E-state index in [0.717, 1.165) is 12.0 Å². The molecular formula is C15H17N3O2. The molecule has 1 fully saturated rings. The highest BCUT2D eigenvalue weighted by molar-refractivity contribution is 6.35. The minimum absolute atomic E-state index is 0.375. The number of nitriles is 1. The van der Waals surface area contributed by atoms with Gasteiger partial charge < -0.3 is 9.80 Å². The Morgan fingerprint density at radius 3 is 2.60 bits per heavy atom. The van der Waals surface area contributed by atoms with Crippen LogP contribution in [0.15, 0.2) is 24.3 Å². The summed E-state index contributed by atoms with van der Waals surface area (Å²) in [6.07, 6.45) is 0.850. The Labute approximate surface area is 118 Å². The zero-order valence-corrected chi connectivity index (χ0v) is 11.5. The average molecular weight is 271 g/mol. The molecule has 0 spiro atoms. The third kappa shape index (κ3) is 2.97. The number of amides is 2. The van der Waals surface area contributed by atoms with Crippen LogP contribution in [0.2, 0.25) is 0 Å². The highest BCUT2D eigenvalue weighted by Crippen LogP contribution is 2.12. The first-order valence-electron chi connectivity index (χ1n) is 6.73. The molecule has 5 nitrogen and oxygen atoms in total. The van der Waals surface area contributed by atoms with E-state index in [1.807, 2.05) is 13.0 Å². The quantitative estimate of drug-likeness (QED) is 0.771. The molecule has 5 heteroatoms. The molecule has 0 saturated carbocycles. The Morgan fingerprint density at radius 2 is 1.90 bits per heavy atom. The molecule has 1 aromatic rings. The summed E-state index contributed by atoms with van der Waals surface area (Å²) in [6, 6.07) is 9.18. The van der Waals surface area contributed by atoms with E-state index in [0.29, 0.717) is 31.7 Å². The molecule has 1 heterocycles. The summed E-state index contributed by atoms with van der Waals surface area (Å²) in [4.78, 5) is 27.1. The Balaban J connectivity index is 2.06. The number of hydrogen-bond donors (Lipinski definition) is 0. The molecule has 1 aromatic carbocycles. The fourth-order valence-electron chi connectivity index (χ4n) is 2.31. The zero-order chi connectivity index (χ0) is 14.5. The molecule has 20 heavy (non-hydrogen) atoms. The summed E-state index contributed by atoms with van der Waals surface area (Å²) >= 11 is 0. The van der Waals surface area contributed by atoms with Gasteiger partial charge >= 0.3 is 11.8 Å². The van der Waals surface area contributed by atoms with E-state index >= 15 is 0 Å². The molecule has 0 bridgehead atoms. The molecule has 2 rings (SSSR count). The minimum atomic E-state index is -0.452. The lowest BCUT2D eigenvalue weighted by atomic mass is 10.1. The maximum atomic E-state index is 12.0. The van der Waals surface area contributed by atoms with Gasteiger partial charge in [0.15, 0.2) is 0 Å². The van der Waals surface area contributed by atoms with Gasteiger partial charge in [0, 0.05) is 26.2 Å². The highest BCUT2D eigenvalue weighted by atomic mass is 16.2. The van der Waals surface area contributed by atoms with Crippen LogP contribution in [0.4, 0.5) is 0 Å². The molecule has 0 radical (unpaired) electrons. The number of piperazine rings is 1. The van der Waals surface area contributed by atoms with Gasteiger partial charge in [-0.05, 0) is 24.1 Å². The number of rotatable bonds is 4. The maximum absolute atomic E-state index is 12.0. The van der Waals surface area contributed by atoms with Crippen molar-refractivity contribution in [1.29, 1.82) is 5.26 Å². The second-order valence-corrected chi connectivity index (χ2v) is 4.83. The van der Waals surface area contributed by atoms with Crippen LogP contribution in [0.5, 0.6) is 0 Å². The number of hydrogen-bond acceptors (Lipinski definition) is 3. The first-order chi connectivity index (χ1) is 9.65. The van der Waals surface area contributed by atoms with Crippen molar-refractivity contribution in [1.82, 2.24) is 9.80 Å². The topological polar surface area (TPSA) is 64.4 Å². The molecule has 0 aliphatic carbocycles. The van der Waals surface area contributed by atoms with Crippen LogP contribution in [0.3, 0.4) is 0 Å². The van der Waals surface area contributed by atoms with Crippen LogP contribution in [0.1, 0.15) is 24.5 Å². The number of carbonyl (C=O) groups is 2. The second-order valence-electron chi connectivity index (χ2n) is 4.83. The zero-order valence-electron chi connectivity index (χ0n) is 11.5. The third-order valence-electron chi connectivity index (χ3n) is 3.32. The van der Waals surface area contributed by atoms with E-state index in [2.05, 4.69) is 6.07 Å². The molecular weight excluding hydrogens is 254 g/mol. The Morgan fingerprint density at radius 1 is 1.20 bits per heavy atom. The largest absolute Gasteiger partial charge is 0.333 e. The van der Waals surface area contributed by atoms with Crippen LogP contribution < -0.4 is 0 Å². The second kappa shape index (κ2) is 6.20. The highest BCUT2D eigenvalue weighted by Gasteiger charge is 2.31.